The van der Waals surface area contributed by atoms with E-state index < -0.39 is 0 Å². The van der Waals surface area contributed by atoms with Crippen LogP contribution in [0.1, 0.15) is 12.0 Å². The molecule has 2 aromatic rings. The van der Waals surface area contributed by atoms with Crippen LogP contribution in [0.4, 0.5) is 5.69 Å². The zero-order valence-corrected chi connectivity index (χ0v) is 18.4. The number of nitrogens with one attached hydrogen (secondary N) is 3. The Kier molecular flexibility index (Phi) is 8.11. The molecule has 6 nitrogen and oxygen atoms in total. The Bertz CT molecular complexity index is 858. The molecule has 0 spiro atoms. The van der Waals surface area contributed by atoms with Crippen LogP contribution in [0.5, 0.6) is 5.75 Å². The summed E-state index contributed by atoms with van der Waals surface area (Å²) in [6.07, 6.45) is 0.0262. The molecule has 0 heterocycles. The Morgan fingerprint density at radius 1 is 1.15 bits per heavy atom. The second kappa shape index (κ2) is 10.3. The molecule has 0 saturated carbocycles. The molecule has 0 aliphatic carbocycles. The van der Waals surface area contributed by atoms with Crippen LogP contribution in [-0.4, -0.2) is 18.4 Å². The molecule has 2 rings (SSSR count). The SMILES string of the molecule is C=C(CC(=O)Nc1cccc(I)c1)NNC(=O)COc1ccc(Br)cc1C. The first-order valence-electron chi connectivity index (χ1n) is 8.00. The Balaban J connectivity index is 1.71. The van der Waals surface area contributed by atoms with E-state index in [1.807, 2.05) is 37.3 Å². The van der Waals surface area contributed by atoms with Gasteiger partial charge in [0.25, 0.3) is 5.91 Å². The molecule has 0 bridgehead atoms. The van der Waals surface area contributed by atoms with E-state index in [0.29, 0.717) is 17.1 Å². The highest BCUT2D eigenvalue weighted by atomic mass is 127. The van der Waals surface area contributed by atoms with Crippen molar-refractivity contribution < 1.29 is 14.3 Å². The van der Waals surface area contributed by atoms with Gasteiger partial charge in [0.05, 0.1) is 6.42 Å². The van der Waals surface area contributed by atoms with Gasteiger partial charge in [0.2, 0.25) is 5.91 Å². The number of hydrazine groups is 1. The third-order valence-corrected chi connectivity index (χ3v) is 4.52. The van der Waals surface area contributed by atoms with E-state index in [4.69, 9.17) is 4.74 Å². The fourth-order valence-corrected chi connectivity index (χ4v) is 3.14. The van der Waals surface area contributed by atoms with Crippen molar-refractivity contribution in [2.45, 2.75) is 13.3 Å². The zero-order valence-electron chi connectivity index (χ0n) is 14.6. The van der Waals surface area contributed by atoms with Crippen molar-refractivity contribution >= 4 is 56.0 Å². The van der Waals surface area contributed by atoms with Crippen LogP contribution < -0.4 is 20.9 Å². The minimum Gasteiger partial charge on any atom is -0.483 e. The summed E-state index contributed by atoms with van der Waals surface area (Å²) >= 11 is 5.54. The van der Waals surface area contributed by atoms with Crippen LogP contribution in [0.15, 0.2) is 59.2 Å². The molecule has 0 atom stereocenters. The second-order valence-electron chi connectivity index (χ2n) is 5.71. The highest BCUT2D eigenvalue weighted by molar-refractivity contribution is 14.1. The molecule has 0 aromatic heterocycles. The minimum atomic E-state index is -0.378. The average molecular weight is 544 g/mol. The molecule has 2 aromatic carbocycles. The first-order valence-corrected chi connectivity index (χ1v) is 9.87. The molecule has 142 valence electrons. The van der Waals surface area contributed by atoms with Crippen molar-refractivity contribution in [2.24, 2.45) is 0 Å². The maximum Gasteiger partial charge on any atom is 0.276 e. The minimum absolute atomic E-state index is 0.0262. The summed E-state index contributed by atoms with van der Waals surface area (Å²) in [6, 6.07) is 13.0. The standard InChI is InChI=1S/C19H19BrIN3O3/c1-12-8-14(20)6-7-17(12)27-11-19(26)24-23-13(2)9-18(25)22-16-5-3-4-15(21)10-16/h3-8,10,23H,2,9,11H2,1H3,(H,22,25)(H,24,26). The third-order valence-electron chi connectivity index (χ3n) is 3.36. The summed E-state index contributed by atoms with van der Waals surface area (Å²) in [5.74, 6) is 0.0195. The highest BCUT2D eigenvalue weighted by Gasteiger charge is 2.08. The molecule has 0 fully saturated rings. The van der Waals surface area contributed by atoms with Gasteiger partial charge in [0.15, 0.2) is 6.61 Å². The van der Waals surface area contributed by atoms with Gasteiger partial charge in [-0.3, -0.25) is 15.0 Å². The van der Waals surface area contributed by atoms with Crippen molar-refractivity contribution in [3.63, 3.8) is 0 Å². The second-order valence-corrected chi connectivity index (χ2v) is 7.87. The quantitative estimate of drug-likeness (QED) is 0.348. The molecular weight excluding hydrogens is 525 g/mol. The number of hydrogen-bond acceptors (Lipinski definition) is 4. The summed E-state index contributed by atoms with van der Waals surface area (Å²) in [7, 11) is 0. The molecule has 0 aliphatic heterocycles. The molecule has 27 heavy (non-hydrogen) atoms. The highest BCUT2D eigenvalue weighted by Crippen LogP contribution is 2.21. The maximum atomic E-state index is 12.0. The lowest BCUT2D eigenvalue weighted by Gasteiger charge is -2.13. The van der Waals surface area contributed by atoms with Gasteiger partial charge in [-0.05, 0) is 71.5 Å². The van der Waals surface area contributed by atoms with Crippen LogP contribution in [0.25, 0.3) is 0 Å². The predicted molar refractivity (Wildman–Crippen MR) is 117 cm³/mol. The average Bonchev–Trinajstić information content (AvgIpc) is 2.59. The number of hydrogen-bond donors (Lipinski definition) is 3. The number of carbonyl (C=O) groups is 2. The van der Waals surface area contributed by atoms with Gasteiger partial charge < -0.3 is 15.5 Å². The molecule has 8 heteroatoms. The van der Waals surface area contributed by atoms with E-state index in [2.05, 4.69) is 61.3 Å². The molecular formula is C19H19BrIN3O3. The molecule has 0 unspecified atom stereocenters. The number of ether oxygens (including phenoxy) is 1. The number of benzene rings is 2. The smallest absolute Gasteiger partial charge is 0.276 e. The van der Waals surface area contributed by atoms with Gasteiger partial charge in [-0.1, -0.05) is 28.6 Å². The van der Waals surface area contributed by atoms with Crippen LogP contribution in [0.2, 0.25) is 0 Å². The van der Waals surface area contributed by atoms with Gasteiger partial charge >= 0.3 is 0 Å². The number of rotatable bonds is 8. The van der Waals surface area contributed by atoms with E-state index in [-0.39, 0.29) is 24.8 Å². The largest absolute Gasteiger partial charge is 0.483 e. The Morgan fingerprint density at radius 2 is 1.93 bits per heavy atom. The van der Waals surface area contributed by atoms with Crippen LogP contribution in [0, 0.1) is 10.5 Å². The molecule has 3 N–H and O–H groups in total. The first-order chi connectivity index (χ1) is 12.8. The van der Waals surface area contributed by atoms with Crippen molar-refractivity contribution in [3.8, 4) is 5.75 Å². The summed E-state index contributed by atoms with van der Waals surface area (Å²) < 4.78 is 7.44. The van der Waals surface area contributed by atoms with Gasteiger partial charge in [-0.2, -0.15) is 0 Å². The van der Waals surface area contributed by atoms with E-state index in [0.717, 1.165) is 13.6 Å². The Morgan fingerprint density at radius 3 is 2.63 bits per heavy atom. The van der Waals surface area contributed by atoms with Crippen molar-refractivity contribution in [3.05, 3.63) is 68.3 Å². The number of halogens is 2. The van der Waals surface area contributed by atoms with E-state index >= 15 is 0 Å². The van der Waals surface area contributed by atoms with Crippen LogP contribution >= 0.6 is 38.5 Å². The van der Waals surface area contributed by atoms with Gasteiger partial charge in [0, 0.05) is 19.4 Å². The summed E-state index contributed by atoms with van der Waals surface area (Å²) in [6.45, 7) is 5.47. The molecule has 2 amide bonds. The Hall–Kier alpha value is -2.07. The summed E-state index contributed by atoms with van der Waals surface area (Å²) in [5, 5.41) is 2.77. The normalized spacial score (nSPS) is 10.0. The van der Waals surface area contributed by atoms with E-state index in [1.165, 1.54) is 0 Å². The lowest BCUT2D eigenvalue weighted by molar-refractivity contribution is -0.124. The first kappa shape index (κ1) is 21.2. The number of anilines is 1. The maximum absolute atomic E-state index is 12.0. The number of amides is 2. The van der Waals surface area contributed by atoms with E-state index in [9.17, 15) is 9.59 Å². The Labute approximate surface area is 180 Å². The predicted octanol–water partition coefficient (Wildman–Crippen LogP) is 3.90. The van der Waals surface area contributed by atoms with Crippen molar-refractivity contribution in [1.29, 1.82) is 0 Å². The van der Waals surface area contributed by atoms with Crippen molar-refractivity contribution in [1.82, 2.24) is 10.9 Å². The van der Waals surface area contributed by atoms with Gasteiger partial charge in [0.1, 0.15) is 5.75 Å². The number of carbonyl (C=O) groups excluding carboxylic acids is 2. The zero-order chi connectivity index (χ0) is 19.8. The van der Waals surface area contributed by atoms with E-state index in [1.54, 1.807) is 12.1 Å². The van der Waals surface area contributed by atoms with Crippen LogP contribution in [0.3, 0.4) is 0 Å². The molecule has 0 aliphatic rings. The molecule has 0 radical (unpaired) electrons. The lowest BCUT2D eigenvalue weighted by Crippen LogP contribution is -2.40. The number of aryl methyl sites for hydroxylation is 1. The van der Waals surface area contributed by atoms with Crippen LogP contribution in [-0.2, 0) is 9.59 Å². The fourth-order valence-electron chi connectivity index (χ4n) is 2.12. The van der Waals surface area contributed by atoms with Gasteiger partial charge in [-0.15, -0.1) is 0 Å². The van der Waals surface area contributed by atoms with Crippen molar-refractivity contribution in [2.75, 3.05) is 11.9 Å². The summed E-state index contributed by atoms with van der Waals surface area (Å²) in [5.41, 5.74) is 7.08. The monoisotopic (exact) mass is 543 g/mol. The summed E-state index contributed by atoms with van der Waals surface area (Å²) in [4.78, 5) is 23.9. The third kappa shape index (κ3) is 7.59. The van der Waals surface area contributed by atoms with Gasteiger partial charge in [-0.25, -0.2) is 0 Å². The lowest BCUT2D eigenvalue weighted by atomic mass is 10.2. The topological polar surface area (TPSA) is 79.5 Å². The fraction of sp³-hybridized carbons (Fsp3) is 0.158. The molecule has 0 saturated heterocycles.